The van der Waals surface area contributed by atoms with Crippen molar-refractivity contribution in [2.45, 2.75) is 38.7 Å². The maximum atomic E-state index is 13.3. The van der Waals surface area contributed by atoms with E-state index in [1.165, 1.54) is 33.1 Å². The van der Waals surface area contributed by atoms with Gasteiger partial charge in [0, 0.05) is 0 Å². The van der Waals surface area contributed by atoms with Crippen LogP contribution >= 0.6 is 0 Å². The molecular weight excluding hydrogens is 456 g/mol. The van der Waals surface area contributed by atoms with E-state index in [1.54, 1.807) is 24.3 Å². The lowest BCUT2D eigenvalue weighted by molar-refractivity contribution is -0.123. The highest BCUT2D eigenvalue weighted by Gasteiger charge is 2.50. The third kappa shape index (κ3) is 4.53. The zero-order valence-corrected chi connectivity index (χ0v) is 20.1. The molecular formula is C21H26N2O7S2. The van der Waals surface area contributed by atoms with Crippen molar-refractivity contribution in [1.29, 1.82) is 0 Å². The normalized spacial score (nSPS) is 17.4. The Morgan fingerprint density at radius 2 is 1.75 bits per heavy atom. The lowest BCUT2D eigenvalue weighted by Gasteiger charge is -2.20. The third-order valence-corrected chi connectivity index (χ3v) is 8.16. The molecule has 1 fully saturated rings. The number of ether oxygens (including phenoxy) is 2. The predicted molar refractivity (Wildman–Crippen MR) is 121 cm³/mol. The summed E-state index contributed by atoms with van der Waals surface area (Å²) >= 11 is 0. The Hall–Kier alpha value is -2.79. The highest BCUT2D eigenvalue weighted by Crippen LogP contribution is 2.39. The molecule has 0 unspecified atom stereocenters. The highest BCUT2D eigenvalue weighted by atomic mass is 32.2. The molecule has 2 aromatic carbocycles. The second kappa shape index (κ2) is 8.28. The fourth-order valence-corrected chi connectivity index (χ4v) is 6.73. The number of nitrogens with zero attached hydrogens (tertiary/aromatic N) is 1. The van der Waals surface area contributed by atoms with E-state index in [0.29, 0.717) is 10.1 Å². The molecule has 1 heterocycles. The minimum Gasteiger partial charge on any atom is -0.495 e. The van der Waals surface area contributed by atoms with Gasteiger partial charge in [-0.25, -0.2) is 21.1 Å². The van der Waals surface area contributed by atoms with Gasteiger partial charge in [-0.05, 0) is 58.0 Å². The number of carbonyl (C=O) groups is 1. The summed E-state index contributed by atoms with van der Waals surface area (Å²) in [5.74, 6) is -0.674. The fraction of sp³-hybridized carbons (Fsp3) is 0.381. The third-order valence-electron chi connectivity index (χ3n) is 4.75. The number of methoxy groups -OCH3 is 1. The topological polar surface area (TPSA) is 119 Å². The van der Waals surface area contributed by atoms with Gasteiger partial charge in [-0.3, -0.25) is 9.52 Å². The van der Waals surface area contributed by atoms with Gasteiger partial charge in [-0.2, -0.15) is 0 Å². The molecule has 9 nitrogen and oxygen atoms in total. The van der Waals surface area contributed by atoms with Gasteiger partial charge in [0.1, 0.15) is 16.4 Å². The van der Waals surface area contributed by atoms with E-state index in [2.05, 4.69) is 4.72 Å². The number of para-hydroxylation sites is 2. The van der Waals surface area contributed by atoms with Crippen molar-refractivity contribution in [3.05, 3.63) is 42.5 Å². The van der Waals surface area contributed by atoms with Crippen LogP contribution in [0.3, 0.4) is 0 Å². The molecule has 0 aliphatic carbocycles. The van der Waals surface area contributed by atoms with Crippen LogP contribution in [0.1, 0.15) is 27.7 Å². The summed E-state index contributed by atoms with van der Waals surface area (Å²) in [5, 5.41) is 0. The summed E-state index contributed by atoms with van der Waals surface area (Å²) in [5.41, 5.74) is -0.989. The Morgan fingerprint density at radius 1 is 1.09 bits per heavy atom. The summed E-state index contributed by atoms with van der Waals surface area (Å²) < 4.78 is 65.8. The van der Waals surface area contributed by atoms with Crippen LogP contribution in [0.5, 0.6) is 11.5 Å². The lowest BCUT2D eigenvalue weighted by Crippen LogP contribution is -2.33. The number of anilines is 2. The first kappa shape index (κ1) is 23.9. The fourth-order valence-electron chi connectivity index (χ4n) is 3.37. The molecule has 0 radical (unpaired) electrons. The van der Waals surface area contributed by atoms with Crippen molar-refractivity contribution >= 4 is 37.3 Å². The molecule has 0 atom stereocenters. The van der Waals surface area contributed by atoms with Gasteiger partial charge in [0.05, 0.1) is 35.8 Å². The van der Waals surface area contributed by atoms with Crippen LogP contribution in [-0.2, 0) is 24.8 Å². The molecule has 1 aliphatic rings. The van der Waals surface area contributed by atoms with Crippen LogP contribution in [0.15, 0.2) is 47.4 Å². The summed E-state index contributed by atoms with van der Waals surface area (Å²) in [6, 6.07) is 10.3. The van der Waals surface area contributed by atoms with E-state index in [-0.39, 0.29) is 33.9 Å². The first-order chi connectivity index (χ1) is 14.8. The molecule has 0 saturated carbocycles. The Kier molecular flexibility index (Phi) is 6.18. The van der Waals surface area contributed by atoms with E-state index < -0.39 is 31.4 Å². The second-order valence-corrected chi connectivity index (χ2v) is 11.8. The van der Waals surface area contributed by atoms with Crippen LogP contribution < -0.4 is 18.5 Å². The van der Waals surface area contributed by atoms with Crippen molar-refractivity contribution in [3.63, 3.8) is 0 Å². The minimum absolute atomic E-state index is 0.00758. The zero-order chi connectivity index (χ0) is 23.9. The van der Waals surface area contributed by atoms with Crippen molar-refractivity contribution in [1.82, 2.24) is 0 Å². The molecule has 0 bridgehead atoms. The molecule has 1 amide bonds. The summed E-state index contributed by atoms with van der Waals surface area (Å²) in [7, 11) is -6.89. The standard InChI is InChI=1S/C21H26N2O7S2/c1-14(2)30-17-9-7-6-8-16(17)22-32(27,28)19-12-15(10-11-18(19)29-5)23-20(24)21(3,4)13-31(23,25)26/h6-12,14,22H,13H2,1-5H3. The smallest absolute Gasteiger partial charge is 0.265 e. The summed E-state index contributed by atoms with van der Waals surface area (Å²) in [6.45, 7) is 6.68. The summed E-state index contributed by atoms with van der Waals surface area (Å²) in [6.07, 6.45) is -0.187. The van der Waals surface area contributed by atoms with E-state index in [0.717, 1.165) is 6.07 Å². The van der Waals surface area contributed by atoms with Crippen LogP contribution in [0.25, 0.3) is 0 Å². The number of hydrogen-bond acceptors (Lipinski definition) is 7. The number of benzene rings is 2. The van der Waals surface area contributed by atoms with Gasteiger partial charge in [-0.15, -0.1) is 0 Å². The molecule has 2 aromatic rings. The van der Waals surface area contributed by atoms with Crippen LogP contribution in [-0.4, -0.2) is 41.7 Å². The predicted octanol–water partition coefficient (Wildman–Crippen LogP) is 2.99. The monoisotopic (exact) mass is 482 g/mol. The Bertz CT molecular complexity index is 1250. The van der Waals surface area contributed by atoms with E-state index >= 15 is 0 Å². The van der Waals surface area contributed by atoms with Gasteiger partial charge in [0.2, 0.25) is 15.9 Å². The van der Waals surface area contributed by atoms with Crippen molar-refractivity contribution in [2.24, 2.45) is 5.41 Å². The average Bonchev–Trinajstić information content (AvgIpc) is 2.84. The van der Waals surface area contributed by atoms with Crippen LogP contribution in [0.4, 0.5) is 11.4 Å². The van der Waals surface area contributed by atoms with Gasteiger partial charge >= 0.3 is 0 Å². The largest absolute Gasteiger partial charge is 0.495 e. The van der Waals surface area contributed by atoms with Crippen LogP contribution in [0.2, 0.25) is 0 Å². The number of sulfonamides is 2. The zero-order valence-electron chi connectivity index (χ0n) is 18.4. The Morgan fingerprint density at radius 3 is 2.31 bits per heavy atom. The van der Waals surface area contributed by atoms with Crippen molar-refractivity contribution in [2.75, 3.05) is 21.9 Å². The van der Waals surface area contributed by atoms with Crippen LogP contribution in [0, 0.1) is 5.41 Å². The average molecular weight is 483 g/mol. The molecule has 0 aromatic heterocycles. The number of amides is 1. The molecule has 1 N–H and O–H groups in total. The van der Waals surface area contributed by atoms with E-state index in [9.17, 15) is 21.6 Å². The second-order valence-electron chi connectivity index (χ2n) is 8.31. The first-order valence-corrected chi connectivity index (χ1v) is 12.9. The molecule has 0 spiro atoms. The SMILES string of the molecule is COc1ccc(N2C(=O)C(C)(C)CS2(=O)=O)cc1S(=O)(=O)Nc1ccccc1OC(C)C. The van der Waals surface area contributed by atoms with Gasteiger partial charge in [0.15, 0.2) is 0 Å². The van der Waals surface area contributed by atoms with Gasteiger partial charge in [0.25, 0.3) is 10.0 Å². The molecule has 32 heavy (non-hydrogen) atoms. The Balaban J connectivity index is 2.08. The number of rotatable bonds is 7. The summed E-state index contributed by atoms with van der Waals surface area (Å²) in [4.78, 5) is 12.4. The van der Waals surface area contributed by atoms with Crippen molar-refractivity contribution < 1.29 is 31.1 Å². The number of hydrogen-bond donors (Lipinski definition) is 1. The molecule has 1 saturated heterocycles. The first-order valence-electron chi connectivity index (χ1n) is 9.82. The molecule has 1 aliphatic heterocycles. The van der Waals surface area contributed by atoms with Gasteiger partial charge in [-0.1, -0.05) is 12.1 Å². The number of carbonyl (C=O) groups excluding carboxylic acids is 1. The van der Waals surface area contributed by atoms with E-state index in [1.807, 2.05) is 13.8 Å². The van der Waals surface area contributed by atoms with E-state index in [4.69, 9.17) is 9.47 Å². The maximum Gasteiger partial charge on any atom is 0.265 e. The van der Waals surface area contributed by atoms with Gasteiger partial charge < -0.3 is 9.47 Å². The number of nitrogens with one attached hydrogen (secondary N) is 1. The van der Waals surface area contributed by atoms with Crippen molar-refractivity contribution in [3.8, 4) is 11.5 Å². The molecule has 3 rings (SSSR count). The quantitative estimate of drug-likeness (QED) is 0.644. The molecule has 11 heteroatoms. The maximum absolute atomic E-state index is 13.3. The lowest BCUT2D eigenvalue weighted by atomic mass is 9.95. The molecule has 174 valence electrons. The highest BCUT2D eigenvalue weighted by molar-refractivity contribution is 7.94. The Labute approximate surface area is 188 Å². The minimum atomic E-state index is -4.24.